The van der Waals surface area contributed by atoms with Crippen LogP contribution in [0, 0.1) is 5.92 Å². The van der Waals surface area contributed by atoms with Gasteiger partial charge in [-0.3, -0.25) is 4.98 Å². The Morgan fingerprint density at radius 1 is 1.33 bits per heavy atom. The molecule has 3 nitrogen and oxygen atoms in total. The van der Waals surface area contributed by atoms with Crippen LogP contribution in [-0.4, -0.2) is 20.4 Å². The van der Waals surface area contributed by atoms with Crippen molar-refractivity contribution in [3.05, 3.63) is 46.7 Å². The molecule has 0 radical (unpaired) electrons. The number of hydrogen-bond donors (Lipinski definition) is 0. The fourth-order valence-electron chi connectivity index (χ4n) is 2.79. The lowest BCUT2D eigenvalue weighted by Crippen LogP contribution is -2.18. The van der Waals surface area contributed by atoms with Gasteiger partial charge in [0.05, 0.1) is 17.8 Å². The quantitative estimate of drug-likeness (QED) is 0.647. The highest BCUT2D eigenvalue weighted by Crippen LogP contribution is 2.34. The zero-order chi connectivity index (χ0) is 14.8. The first-order valence-corrected chi connectivity index (χ1v) is 8.54. The molecule has 0 aliphatic carbocycles. The van der Waals surface area contributed by atoms with E-state index in [0.717, 1.165) is 23.3 Å². The molecule has 0 fully saturated rings. The Morgan fingerprint density at radius 2 is 2.19 bits per heavy atom. The molecule has 0 spiro atoms. The van der Waals surface area contributed by atoms with E-state index in [2.05, 4.69) is 40.9 Å². The number of halogens is 1. The van der Waals surface area contributed by atoms with Gasteiger partial charge in [-0.1, -0.05) is 19.9 Å². The fraction of sp³-hybridized carbons (Fsp3) is 0.375. The Balaban J connectivity index is 2.22. The van der Waals surface area contributed by atoms with Gasteiger partial charge in [0.1, 0.15) is 11.3 Å². The molecule has 0 saturated heterocycles. The predicted molar refractivity (Wildman–Crippen MR) is 89.2 cm³/mol. The van der Waals surface area contributed by atoms with Crippen LogP contribution in [0.15, 0.2) is 36.0 Å². The highest BCUT2D eigenvalue weighted by atomic mass is 35.5. The van der Waals surface area contributed by atoms with Crippen LogP contribution < -0.4 is 0 Å². The normalized spacial score (nSPS) is 13.1. The summed E-state index contributed by atoms with van der Waals surface area (Å²) >= 11 is 7.77. The van der Waals surface area contributed by atoms with Gasteiger partial charge in [0, 0.05) is 23.4 Å². The van der Waals surface area contributed by atoms with Crippen molar-refractivity contribution in [3.8, 4) is 0 Å². The van der Waals surface area contributed by atoms with Crippen LogP contribution in [0.2, 0.25) is 0 Å². The van der Waals surface area contributed by atoms with Crippen LogP contribution in [0.3, 0.4) is 0 Å². The first kappa shape index (κ1) is 14.5. The SMILES string of the molecule is CC(C)C(c1cccs1)n1c(CCCl)nc2cnccc21. The summed E-state index contributed by atoms with van der Waals surface area (Å²) in [7, 11) is 0. The number of imidazole rings is 1. The van der Waals surface area contributed by atoms with E-state index in [1.807, 2.05) is 18.5 Å². The van der Waals surface area contributed by atoms with Crippen LogP contribution in [-0.2, 0) is 6.42 Å². The Hall–Kier alpha value is -1.39. The lowest BCUT2D eigenvalue weighted by molar-refractivity contribution is 0.441. The monoisotopic (exact) mass is 319 g/mol. The largest absolute Gasteiger partial charge is 0.319 e. The number of aromatic nitrogens is 3. The number of thiophene rings is 1. The van der Waals surface area contributed by atoms with Crippen molar-refractivity contribution in [3.63, 3.8) is 0 Å². The van der Waals surface area contributed by atoms with Gasteiger partial charge in [-0.2, -0.15) is 0 Å². The molecular formula is C16H18ClN3S. The molecule has 0 saturated carbocycles. The molecule has 0 amide bonds. The smallest absolute Gasteiger partial charge is 0.111 e. The minimum absolute atomic E-state index is 0.288. The predicted octanol–water partition coefficient (Wildman–Crippen LogP) is 4.52. The van der Waals surface area contributed by atoms with Crippen molar-refractivity contribution in [1.29, 1.82) is 0 Å². The van der Waals surface area contributed by atoms with Crippen molar-refractivity contribution in [2.24, 2.45) is 5.92 Å². The van der Waals surface area contributed by atoms with Gasteiger partial charge in [0.2, 0.25) is 0 Å². The van der Waals surface area contributed by atoms with Crippen molar-refractivity contribution in [1.82, 2.24) is 14.5 Å². The van der Waals surface area contributed by atoms with E-state index in [1.165, 1.54) is 4.88 Å². The maximum atomic E-state index is 5.98. The summed E-state index contributed by atoms with van der Waals surface area (Å²) in [5.41, 5.74) is 2.08. The summed E-state index contributed by atoms with van der Waals surface area (Å²) in [6.45, 7) is 4.50. The van der Waals surface area contributed by atoms with Crippen molar-refractivity contribution in [2.75, 3.05) is 5.88 Å². The molecule has 0 aliphatic rings. The zero-order valence-corrected chi connectivity index (χ0v) is 13.7. The van der Waals surface area contributed by atoms with Gasteiger partial charge in [-0.25, -0.2) is 4.98 Å². The Labute approximate surface area is 133 Å². The van der Waals surface area contributed by atoms with E-state index < -0.39 is 0 Å². The van der Waals surface area contributed by atoms with Gasteiger partial charge in [0.15, 0.2) is 0 Å². The van der Waals surface area contributed by atoms with Crippen molar-refractivity contribution in [2.45, 2.75) is 26.3 Å². The number of rotatable bonds is 5. The van der Waals surface area contributed by atoms with E-state index in [-0.39, 0.29) is 6.04 Å². The number of fused-ring (bicyclic) bond motifs is 1. The lowest BCUT2D eigenvalue weighted by atomic mass is 10.0. The Morgan fingerprint density at radius 3 is 2.86 bits per heavy atom. The average Bonchev–Trinajstić information content (AvgIpc) is 3.09. The van der Waals surface area contributed by atoms with Crippen LogP contribution in [0.4, 0.5) is 0 Å². The van der Waals surface area contributed by atoms with Gasteiger partial charge in [0.25, 0.3) is 0 Å². The molecule has 3 aromatic rings. The van der Waals surface area contributed by atoms with E-state index in [4.69, 9.17) is 16.6 Å². The lowest BCUT2D eigenvalue weighted by Gasteiger charge is -2.24. The number of aryl methyl sites for hydroxylation is 1. The summed E-state index contributed by atoms with van der Waals surface area (Å²) in [6.07, 6.45) is 4.43. The molecule has 3 heterocycles. The highest BCUT2D eigenvalue weighted by Gasteiger charge is 2.24. The van der Waals surface area contributed by atoms with Crippen molar-refractivity contribution >= 4 is 34.0 Å². The standard InChI is InChI=1S/C16H18ClN3S/c1-11(2)16(14-4-3-9-21-14)20-13-6-8-18-10-12(13)19-15(20)5-7-17/h3-4,6,8-11,16H,5,7H2,1-2H3. The van der Waals surface area contributed by atoms with Crippen molar-refractivity contribution < 1.29 is 0 Å². The van der Waals surface area contributed by atoms with Gasteiger partial charge >= 0.3 is 0 Å². The van der Waals surface area contributed by atoms with Crippen LogP contribution in [0.25, 0.3) is 11.0 Å². The first-order chi connectivity index (χ1) is 10.2. The second-order valence-corrected chi connectivity index (χ2v) is 6.76. The fourth-order valence-corrected chi connectivity index (χ4v) is 3.94. The topological polar surface area (TPSA) is 30.7 Å². The summed E-state index contributed by atoms with van der Waals surface area (Å²) in [4.78, 5) is 10.3. The maximum Gasteiger partial charge on any atom is 0.111 e. The van der Waals surface area contributed by atoms with Gasteiger partial charge < -0.3 is 4.57 Å². The minimum atomic E-state index is 0.288. The third-order valence-electron chi connectivity index (χ3n) is 3.63. The van der Waals surface area contributed by atoms with Crippen LogP contribution >= 0.6 is 22.9 Å². The molecule has 0 aliphatic heterocycles. The average molecular weight is 320 g/mol. The Kier molecular flexibility index (Phi) is 4.27. The molecule has 0 N–H and O–H groups in total. The number of hydrogen-bond acceptors (Lipinski definition) is 3. The van der Waals surface area contributed by atoms with E-state index in [0.29, 0.717) is 11.8 Å². The van der Waals surface area contributed by atoms with E-state index >= 15 is 0 Å². The highest BCUT2D eigenvalue weighted by molar-refractivity contribution is 7.10. The molecule has 0 bridgehead atoms. The zero-order valence-electron chi connectivity index (χ0n) is 12.2. The molecular weight excluding hydrogens is 302 g/mol. The molecule has 0 aromatic carbocycles. The summed E-state index contributed by atoms with van der Waals surface area (Å²) < 4.78 is 2.34. The second kappa shape index (κ2) is 6.16. The molecule has 5 heteroatoms. The summed E-state index contributed by atoms with van der Waals surface area (Å²) in [5, 5.41) is 2.13. The molecule has 110 valence electrons. The van der Waals surface area contributed by atoms with E-state index in [1.54, 1.807) is 11.3 Å². The molecule has 1 unspecified atom stereocenters. The Bertz CT molecular complexity index is 718. The minimum Gasteiger partial charge on any atom is -0.319 e. The molecule has 3 aromatic heterocycles. The number of pyridine rings is 1. The van der Waals surface area contributed by atoms with Crippen LogP contribution in [0.5, 0.6) is 0 Å². The number of nitrogens with zero attached hydrogens (tertiary/aromatic N) is 3. The third-order valence-corrected chi connectivity index (χ3v) is 4.76. The second-order valence-electron chi connectivity index (χ2n) is 5.41. The van der Waals surface area contributed by atoms with Crippen LogP contribution in [0.1, 0.15) is 30.6 Å². The van der Waals surface area contributed by atoms with Gasteiger partial charge in [-0.05, 0) is 23.4 Å². The maximum absolute atomic E-state index is 5.98. The third kappa shape index (κ3) is 2.70. The summed E-state index contributed by atoms with van der Waals surface area (Å²) in [6, 6.07) is 6.64. The number of alkyl halides is 1. The van der Waals surface area contributed by atoms with Gasteiger partial charge in [-0.15, -0.1) is 22.9 Å². The molecule has 21 heavy (non-hydrogen) atoms. The molecule has 3 rings (SSSR count). The van der Waals surface area contributed by atoms with E-state index in [9.17, 15) is 0 Å². The summed E-state index contributed by atoms with van der Waals surface area (Å²) in [5.74, 6) is 2.09. The molecule has 1 atom stereocenters. The first-order valence-electron chi connectivity index (χ1n) is 7.12.